The van der Waals surface area contributed by atoms with Gasteiger partial charge in [-0.3, -0.25) is 4.79 Å². The van der Waals surface area contributed by atoms with Crippen molar-refractivity contribution in [2.45, 2.75) is 19.4 Å². The molecule has 0 saturated carbocycles. The fourth-order valence-corrected chi connectivity index (χ4v) is 1.65. The number of benzene rings is 1. The first-order chi connectivity index (χ1) is 9.60. The van der Waals surface area contributed by atoms with Crippen molar-refractivity contribution in [2.24, 2.45) is 0 Å². The van der Waals surface area contributed by atoms with E-state index >= 15 is 0 Å². The van der Waals surface area contributed by atoms with Crippen molar-refractivity contribution in [3.63, 3.8) is 0 Å². The largest absolute Gasteiger partial charge is 0.396 e. The van der Waals surface area contributed by atoms with Crippen molar-refractivity contribution >= 4 is 5.91 Å². The molecule has 0 bridgehead atoms. The van der Waals surface area contributed by atoms with Crippen molar-refractivity contribution in [3.05, 3.63) is 42.0 Å². The van der Waals surface area contributed by atoms with E-state index in [1.165, 1.54) is 23.0 Å². The maximum atomic E-state index is 12.8. The summed E-state index contributed by atoms with van der Waals surface area (Å²) in [5.74, 6) is -0.705. The number of aliphatic hydroxyl groups excluding tert-OH is 1. The van der Waals surface area contributed by atoms with Gasteiger partial charge in [-0.1, -0.05) is 5.21 Å². The first-order valence-corrected chi connectivity index (χ1v) is 6.20. The van der Waals surface area contributed by atoms with E-state index in [0.29, 0.717) is 12.1 Å². The van der Waals surface area contributed by atoms with Gasteiger partial charge in [0.2, 0.25) is 0 Å². The Morgan fingerprint density at radius 3 is 2.80 bits per heavy atom. The molecule has 1 unspecified atom stereocenters. The van der Waals surface area contributed by atoms with Crippen molar-refractivity contribution in [3.8, 4) is 5.69 Å². The molecular weight excluding hydrogens is 263 g/mol. The highest BCUT2D eigenvalue weighted by molar-refractivity contribution is 5.92. The van der Waals surface area contributed by atoms with Gasteiger partial charge in [0.25, 0.3) is 5.91 Å². The molecule has 2 rings (SSSR count). The Balaban J connectivity index is 2.08. The summed E-state index contributed by atoms with van der Waals surface area (Å²) in [5.41, 5.74) is 0.778. The summed E-state index contributed by atoms with van der Waals surface area (Å²) in [6.45, 7) is 1.79. The molecule has 6 nitrogen and oxygen atoms in total. The number of nitrogens with zero attached hydrogens (tertiary/aromatic N) is 3. The Hall–Kier alpha value is -2.28. The minimum absolute atomic E-state index is 0.00369. The molecular formula is C13H15FN4O2. The summed E-state index contributed by atoms with van der Waals surface area (Å²) >= 11 is 0. The van der Waals surface area contributed by atoms with Crippen molar-refractivity contribution in [1.29, 1.82) is 0 Å². The van der Waals surface area contributed by atoms with Gasteiger partial charge in [-0.25, -0.2) is 9.07 Å². The molecule has 2 N–H and O–H groups in total. The van der Waals surface area contributed by atoms with Crippen molar-refractivity contribution < 1.29 is 14.3 Å². The fraction of sp³-hybridized carbons (Fsp3) is 0.308. The number of rotatable bonds is 5. The highest BCUT2D eigenvalue weighted by Crippen LogP contribution is 2.08. The number of carbonyl (C=O) groups is 1. The zero-order chi connectivity index (χ0) is 14.5. The molecule has 0 aliphatic rings. The number of amides is 1. The molecule has 0 fully saturated rings. The van der Waals surface area contributed by atoms with Gasteiger partial charge in [-0.15, -0.1) is 5.10 Å². The van der Waals surface area contributed by atoms with E-state index in [0.717, 1.165) is 0 Å². The molecule has 7 heteroatoms. The average molecular weight is 278 g/mol. The van der Waals surface area contributed by atoms with E-state index in [4.69, 9.17) is 5.11 Å². The SMILES string of the molecule is CC(CCO)NC(=O)c1cn(-c2ccc(F)cc2)nn1. The van der Waals surface area contributed by atoms with Crippen LogP contribution >= 0.6 is 0 Å². The molecule has 0 saturated heterocycles. The molecule has 20 heavy (non-hydrogen) atoms. The van der Waals surface area contributed by atoms with Crippen LogP contribution in [0.2, 0.25) is 0 Å². The number of aromatic nitrogens is 3. The van der Waals surface area contributed by atoms with Gasteiger partial charge in [-0.05, 0) is 37.6 Å². The van der Waals surface area contributed by atoms with Gasteiger partial charge < -0.3 is 10.4 Å². The normalized spacial score (nSPS) is 12.2. The van der Waals surface area contributed by atoms with E-state index in [9.17, 15) is 9.18 Å². The minimum atomic E-state index is -0.362. The first kappa shape index (κ1) is 14.1. The van der Waals surface area contributed by atoms with E-state index < -0.39 is 0 Å². The highest BCUT2D eigenvalue weighted by Gasteiger charge is 2.13. The minimum Gasteiger partial charge on any atom is -0.396 e. The third-order valence-corrected chi connectivity index (χ3v) is 2.76. The molecule has 0 aliphatic heterocycles. The van der Waals surface area contributed by atoms with Crippen molar-refractivity contribution in [1.82, 2.24) is 20.3 Å². The van der Waals surface area contributed by atoms with E-state index in [-0.39, 0.29) is 30.1 Å². The predicted octanol–water partition coefficient (Wildman–Crippen LogP) is 0.907. The van der Waals surface area contributed by atoms with Gasteiger partial charge >= 0.3 is 0 Å². The molecule has 1 atom stereocenters. The van der Waals surface area contributed by atoms with E-state index in [1.807, 2.05) is 0 Å². The second kappa shape index (κ2) is 6.25. The van der Waals surface area contributed by atoms with E-state index in [2.05, 4.69) is 15.6 Å². The quantitative estimate of drug-likeness (QED) is 0.852. The van der Waals surface area contributed by atoms with Crippen LogP contribution in [0, 0.1) is 5.82 Å². The Morgan fingerprint density at radius 2 is 2.15 bits per heavy atom. The zero-order valence-corrected chi connectivity index (χ0v) is 11.0. The topological polar surface area (TPSA) is 80.0 Å². The molecule has 0 aliphatic carbocycles. The van der Waals surface area contributed by atoms with Gasteiger partial charge in [0, 0.05) is 12.6 Å². The molecule has 1 aromatic carbocycles. The molecule has 106 valence electrons. The smallest absolute Gasteiger partial charge is 0.273 e. The number of hydrogen-bond donors (Lipinski definition) is 2. The third-order valence-electron chi connectivity index (χ3n) is 2.76. The molecule has 1 amide bonds. The van der Waals surface area contributed by atoms with Gasteiger partial charge in [0.15, 0.2) is 5.69 Å². The van der Waals surface area contributed by atoms with Crippen LogP contribution < -0.4 is 5.32 Å². The molecule has 0 spiro atoms. The van der Waals surface area contributed by atoms with Gasteiger partial charge in [0.1, 0.15) is 5.82 Å². The number of carbonyl (C=O) groups excluding carboxylic acids is 1. The zero-order valence-electron chi connectivity index (χ0n) is 11.0. The lowest BCUT2D eigenvalue weighted by atomic mass is 10.2. The Kier molecular flexibility index (Phi) is 4.41. The van der Waals surface area contributed by atoms with Crippen LogP contribution in [0.1, 0.15) is 23.8 Å². The van der Waals surface area contributed by atoms with Crippen LogP contribution in [0.3, 0.4) is 0 Å². The third kappa shape index (κ3) is 3.39. The maximum Gasteiger partial charge on any atom is 0.273 e. The number of hydrogen-bond acceptors (Lipinski definition) is 4. The summed E-state index contributed by atoms with van der Waals surface area (Å²) in [6.07, 6.45) is 1.94. The molecule has 1 aromatic heterocycles. The maximum absolute atomic E-state index is 12.8. The number of halogens is 1. The lowest BCUT2D eigenvalue weighted by Gasteiger charge is -2.10. The number of aliphatic hydroxyl groups is 1. The standard InChI is InChI=1S/C13H15FN4O2/c1-9(6-7-19)15-13(20)12-8-18(17-16-12)11-4-2-10(14)3-5-11/h2-5,8-9,19H,6-7H2,1H3,(H,15,20). The summed E-state index contributed by atoms with van der Waals surface area (Å²) in [7, 11) is 0. The monoisotopic (exact) mass is 278 g/mol. The van der Waals surface area contributed by atoms with Gasteiger partial charge in [-0.2, -0.15) is 0 Å². The Bertz CT molecular complexity index is 582. The van der Waals surface area contributed by atoms with Crippen LogP contribution in [0.5, 0.6) is 0 Å². The lowest BCUT2D eigenvalue weighted by molar-refractivity contribution is 0.0929. The summed E-state index contributed by atoms with van der Waals surface area (Å²) in [5, 5.41) is 19.1. The molecule has 2 aromatic rings. The van der Waals surface area contributed by atoms with Gasteiger partial charge in [0.05, 0.1) is 11.9 Å². The summed E-state index contributed by atoms with van der Waals surface area (Å²) in [4.78, 5) is 11.9. The highest BCUT2D eigenvalue weighted by atomic mass is 19.1. The molecule has 1 heterocycles. The van der Waals surface area contributed by atoms with E-state index in [1.54, 1.807) is 19.1 Å². The number of nitrogens with one attached hydrogen (secondary N) is 1. The van der Waals surface area contributed by atoms with Crippen LogP contribution in [-0.2, 0) is 0 Å². The first-order valence-electron chi connectivity index (χ1n) is 6.20. The molecule has 0 radical (unpaired) electrons. The van der Waals surface area contributed by atoms with Crippen LogP contribution in [-0.4, -0.2) is 38.7 Å². The van der Waals surface area contributed by atoms with Crippen LogP contribution in [0.4, 0.5) is 4.39 Å². The average Bonchev–Trinajstić information content (AvgIpc) is 2.89. The Morgan fingerprint density at radius 1 is 1.45 bits per heavy atom. The fourth-order valence-electron chi connectivity index (χ4n) is 1.65. The second-order valence-corrected chi connectivity index (χ2v) is 4.41. The van der Waals surface area contributed by atoms with Crippen LogP contribution in [0.25, 0.3) is 5.69 Å². The van der Waals surface area contributed by atoms with Crippen LogP contribution in [0.15, 0.2) is 30.5 Å². The summed E-state index contributed by atoms with van der Waals surface area (Å²) in [6, 6.07) is 5.55. The van der Waals surface area contributed by atoms with Crippen molar-refractivity contribution in [2.75, 3.05) is 6.61 Å². The Labute approximate surface area is 115 Å². The summed E-state index contributed by atoms with van der Waals surface area (Å²) < 4.78 is 14.2. The second-order valence-electron chi connectivity index (χ2n) is 4.41. The lowest BCUT2D eigenvalue weighted by Crippen LogP contribution is -2.33. The predicted molar refractivity (Wildman–Crippen MR) is 69.9 cm³/mol.